The maximum absolute atomic E-state index is 13.5. The number of nitrogen functional groups attached to an aromatic ring is 1. The molecule has 3 unspecified atom stereocenters. The molecule has 19 heavy (non-hydrogen) atoms. The van der Waals surface area contributed by atoms with Gasteiger partial charge in [0, 0.05) is 6.42 Å². The Kier molecular flexibility index (Phi) is 5.37. The molecule has 2 heterocycles. The van der Waals surface area contributed by atoms with Crippen molar-refractivity contribution in [2.24, 2.45) is 0 Å². The summed E-state index contributed by atoms with van der Waals surface area (Å²) in [6.45, 7) is 3.64. The van der Waals surface area contributed by atoms with Crippen molar-refractivity contribution < 1.29 is 18.6 Å². The Hall–Kier alpha value is -1.54. The van der Waals surface area contributed by atoms with Crippen LogP contribution in [0.5, 0.6) is 0 Å². The first kappa shape index (κ1) is 15.5. The number of nitrogens with two attached hydrogens (primary N) is 1. The van der Waals surface area contributed by atoms with Crippen LogP contribution in [0.15, 0.2) is 11.0 Å². The minimum Gasteiger partial charge on any atom is -0.394 e. The number of ether oxygens (including phenoxy) is 1. The molecule has 1 aliphatic heterocycles. The fourth-order valence-electron chi connectivity index (χ4n) is 1.70. The second-order valence-corrected chi connectivity index (χ2v) is 3.75. The van der Waals surface area contributed by atoms with E-state index in [0.29, 0.717) is 4.57 Å². The van der Waals surface area contributed by atoms with Crippen LogP contribution in [-0.2, 0) is 4.74 Å². The van der Waals surface area contributed by atoms with Crippen molar-refractivity contribution in [3.63, 3.8) is 0 Å². The largest absolute Gasteiger partial charge is 0.394 e. The molecule has 0 radical (unpaired) electrons. The van der Waals surface area contributed by atoms with Gasteiger partial charge < -0.3 is 15.6 Å². The molecule has 0 amide bonds. The number of aliphatic hydroxyl groups is 1. The molecule has 0 spiro atoms. The van der Waals surface area contributed by atoms with E-state index in [0.717, 1.165) is 6.20 Å². The van der Waals surface area contributed by atoms with Gasteiger partial charge in [-0.05, 0) is 0 Å². The minimum atomic E-state index is -1.50. The molecule has 1 aliphatic rings. The highest BCUT2D eigenvalue weighted by Gasteiger charge is 2.37. The molecule has 6 nitrogen and oxygen atoms in total. The number of rotatable bonds is 2. The highest BCUT2D eigenvalue weighted by Crippen LogP contribution is 2.30. The lowest BCUT2D eigenvalue weighted by Gasteiger charge is -2.16. The Morgan fingerprint density at radius 3 is 2.79 bits per heavy atom. The van der Waals surface area contributed by atoms with E-state index in [1.54, 1.807) is 0 Å². The quantitative estimate of drug-likeness (QED) is 0.826. The standard InChI is InChI=1S/C9H11F2N3O3.C2H6/c10-5-1-4(3-15)17-8(5)14-2-6(11)7(12)13-9(14)16;1-2/h2,4-5,8,15H,1,3H2,(H2,12,13,16);1-2H3. The molecular weight excluding hydrogens is 260 g/mol. The van der Waals surface area contributed by atoms with E-state index >= 15 is 0 Å². The lowest BCUT2D eigenvalue weighted by molar-refractivity contribution is -0.0397. The highest BCUT2D eigenvalue weighted by molar-refractivity contribution is 5.26. The van der Waals surface area contributed by atoms with Gasteiger partial charge in [-0.25, -0.2) is 13.6 Å². The van der Waals surface area contributed by atoms with Gasteiger partial charge in [-0.2, -0.15) is 4.98 Å². The Bertz CT molecular complexity index is 481. The molecule has 0 bridgehead atoms. The van der Waals surface area contributed by atoms with E-state index in [2.05, 4.69) is 4.98 Å². The molecular formula is C11H17F2N3O3. The van der Waals surface area contributed by atoms with Gasteiger partial charge in [0.15, 0.2) is 17.9 Å². The third kappa shape index (κ3) is 3.27. The molecule has 0 aromatic carbocycles. The first-order valence-electron chi connectivity index (χ1n) is 5.97. The predicted molar refractivity (Wildman–Crippen MR) is 64.7 cm³/mol. The van der Waals surface area contributed by atoms with Crippen molar-refractivity contribution in [1.82, 2.24) is 9.55 Å². The first-order chi connectivity index (χ1) is 9.02. The third-order valence-corrected chi connectivity index (χ3v) is 2.54. The van der Waals surface area contributed by atoms with Crippen LogP contribution in [0.4, 0.5) is 14.6 Å². The summed E-state index contributed by atoms with van der Waals surface area (Å²) in [5.74, 6) is -1.47. The van der Waals surface area contributed by atoms with E-state index in [1.165, 1.54) is 0 Å². The summed E-state index contributed by atoms with van der Waals surface area (Å²) in [7, 11) is 0. The van der Waals surface area contributed by atoms with Gasteiger partial charge in [0.25, 0.3) is 0 Å². The number of halogens is 2. The van der Waals surface area contributed by atoms with Crippen LogP contribution in [0.25, 0.3) is 0 Å². The molecule has 3 N–H and O–H groups in total. The Balaban J connectivity index is 0.000000861. The van der Waals surface area contributed by atoms with Gasteiger partial charge in [0.1, 0.15) is 6.17 Å². The van der Waals surface area contributed by atoms with E-state index in [9.17, 15) is 13.6 Å². The molecule has 0 saturated carbocycles. The second-order valence-electron chi connectivity index (χ2n) is 3.75. The molecule has 2 rings (SSSR count). The van der Waals surface area contributed by atoms with Gasteiger partial charge in [-0.3, -0.25) is 4.57 Å². The number of alkyl halides is 1. The lowest BCUT2D eigenvalue weighted by Crippen LogP contribution is -2.31. The van der Waals surface area contributed by atoms with Crippen LogP contribution in [0.1, 0.15) is 26.5 Å². The van der Waals surface area contributed by atoms with Crippen LogP contribution >= 0.6 is 0 Å². The highest BCUT2D eigenvalue weighted by atomic mass is 19.1. The SMILES string of the molecule is CC.Nc1nc(=O)n(C2OC(CO)CC2F)cc1F. The summed E-state index contributed by atoms with van der Waals surface area (Å²) in [6, 6.07) is 0. The van der Waals surface area contributed by atoms with Crippen molar-refractivity contribution in [3.8, 4) is 0 Å². The Morgan fingerprint density at radius 1 is 1.63 bits per heavy atom. The van der Waals surface area contributed by atoms with Crippen molar-refractivity contribution in [1.29, 1.82) is 0 Å². The van der Waals surface area contributed by atoms with E-state index in [1.807, 2.05) is 13.8 Å². The number of nitrogens with zero attached hydrogens (tertiary/aromatic N) is 2. The zero-order chi connectivity index (χ0) is 14.6. The molecule has 0 aliphatic carbocycles. The summed E-state index contributed by atoms with van der Waals surface area (Å²) >= 11 is 0. The summed E-state index contributed by atoms with van der Waals surface area (Å²) in [5.41, 5.74) is 4.21. The average molecular weight is 277 g/mol. The van der Waals surface area contributed by atoms with E-state index in [-0.39, 0.29) is 13.0 Å². The summed E-state index contributed by atoms with van der Waals surface area (Å²) < 4.78 is 32.5. The summed E-state index contributed by atoms with van der Waals surface area (Å²) in [4.78, 5) is 14.6. The molecule has 108 valence electrons. The number of aliphatic hydroxyl groups excluding tert-OH is 1. The maximum atomic E-state index is 13.5. The molecule has 8 heteroatoms. The summed E-state index contributed by atoms with van der Waals surface area (Å²) in [6.07, 6.45) is -2.79. The lowest BCUT2D eigenvalue weighted by atomic mass is 10.2. The number of hydrogen-bond donors (Lipinski definition) is 2. The van der Waals surface area contributed by atoms with Gasteiger partial charge in [0.2, 0.25) is 0 Å². The zero-order valence-corrected chi connectivity index (χ0v) is 10.7. The Morgan fingerprint density at radius 2 is 2.26 bits per heavy atom. The topological polar surface area (TPSA) is 90.4 Å². The van der Waals surface area contributed by atoms with Gasteiger partial charge in [-0.15, -0.1) is 0 Å². The molecule has 3 atom stereocenters. The maximum Gasteiger partial charge on any atom is 0.351 e. The fourth-order valence-corrected chi connectivity index (χ4v) is 1.70. The smallest absolute Gasteiger partial charge is 0.351 e. The van der Waals surface area contributed by atoms with Crippen LogP contribution in [0.2, 0.25) is 0 Å². The molecule has 1 fully saturated rings. The van der Waals surface area contributed by atoms with Gasteiger partial charge >= 0.3 is 5.69 Å². The van der Waals surface area contributed by atoms with Crippen molar-refractivity contribution >= 4 is 5.82 Å². The minimum absolute atomic E-state index is 0.0560. The monoisotopic (exact) mass is 277 g/mol. The number of hydrogen-bond acceptors (Lipinski definition) is 5. The number of aromatic nitrogens is 2. The second kappa shape index (κ2) is 6.58. The average Bonchev–Trinajstić information content (AvgIpc) is 2.77. The third-order valence-electron chi connectivity index (χ3n) is 2.54. The Labute approximate surface area is 108 Å². The van der Waals surface area contributed by atoms with E-state index < -0.39 is 35.8 Å². The predicted octanol–water partition coefficient (Wildman–Crippen LogP) is 0.609. The summed E-state index contributed by atoms with van der Waals surface area (Å²) in [5, 5.41) is 8.83. The zero-order valence-electron chi connectivity index (χ0n) is 10.7. The van der Waals surface area contributed by atoms with Gasteiger partial charge in [-0.1, -0.05) is 13.8 Å². The van der Waals surface area contributed by atoms with Crippen LogP contribution in [0.3, 0.4) is 0 Å². The molecule has 1 saturated heterocycles. The molecule has 1 aromatic rings. The van der Waals surface area contributed by atoms with E-state index in [4.69, 9.17) is 15.6 Å². The fraction of sp³-hybridized carbons (Fsp3) is 0.636. The first-order valence-corrected chi connectivity index (χ1v) is 5.97. The van der Waals surface area contributed by atoms with Crippen LogP contribution in [0, 0.1) is 5.82 Å². The van der Waals surface area contributed by atoms with Crippen molar-refractivity contribution in [2.45, 2.75) is 38.8 Å². The van der Waals surface area contributed by atoms with Crippen molar-refractivity contribution in [2.75, 3.05) is 12.3 Å². The molecule has 1 aromatic heterocycles. The number of anilines is 1. The normalized spacial score (nSPS) is 25.8. The van der Waals surface area contributed by atoms with Gasteiger partial charge in [0.05, 0.1) is 18.9 Å². The van der Waals surface area contributed by atoms with Crippen molar-refractivity contribution in [3.05, 3.63) is 22.5 Å². The van der Waals surface area contributed by atoms with Crippen LogP contribution < -0.4 is 11.4 Å². The van der Waals surface area contributed by atoms with Crippen LogP contribution in [-0.4, -0.2) is 33.5 Å².